The van der Waals surface area contributed by atoms with E-state index in [9.17, 15) is 14.0 Å². The Morgan fingerprint density at radius 1 is 1.12 bits per heavy atom. The smallest absolute Gasteiger partial charge is 0.321 e. The molecule has 0 bridgehead atoms. The second kappa shape index (κ2) is 6.74. The first-order chi connectivity index (χ1) is 11.5. The van der Waals surface area contributed by atoms with Crippen molar-refractivity contribution in [2.75, 3.05) is 31.5 Å². The maximum atomic E-state index is 13.3. The minimum atomic E-state index is -0.398. The van der Waals surface area contributed by atoms with Crippen molar-refractivity contribution in [2.45, 2.75) is 6.92 Å². The van der Waals surface area contributed by atoms with E-state index >= 15 is 0 Å². The van der Waals surface area contributed by atoms with Crippen molar-refractivity contribution in [3.8, 4) is 0 Å². The molecule has 6 nitrogen and oxygen atoms in total. The number of urea groups is 1. The Morgan fingerprint density at radius 2 is 1.83 bits per heavy atom. The van der Waals surface area contributed by atoms with E-state index in [0.717, 1.165) is 5.56 Å². The summed E-state index contributed by atoms with van der Waals surface area (Å²) in [6, 6.07) is 7.25. The number of carbonyl (C=O) groups is 2. The van der Waals surface area contributed by atoms with Crippen LogP contribution >= 0.6 is 0 Å². The third kappa shape index (κ3) is 3.40. The first-order valence-electron chi connectivity index (χ1n) is 7.69. The molecular weight excluding hydrogens is 313 g/mol. The molecule has 0 aliphatic carbocycles. The average molecular weight is 331 g/mol. The SMILES string of the molecule is Cc1ccc(F)cc1NC(=O)N1CCN(C(=O)c2ccco2)CC1. The van der Waals surface area contributed by atoms with E-state index in [4.69, 9.17) is 4.42 Å². The van der Waals surface area contributed by atoms with E-state index in [1.54, 1.807) is 34.9 Å². The van der Waals surface area contributed by atoms with E-state index in [0.29, 0.717) is 37.6 Å². The second-order valence-corrected chi connectivity index (χ2v) is 5.65. The predicted molar refractivity (Wildman–Crippen MR) is 86.3 cm³/mol. The largest absolute Gasteiger partial charge is 0.459 e. The van der Waals surface area contributed by atoms with Crippen LogP contribution in [0.5, 0.6) is 0 Å². The zero-order chi connectivity index (χ0) is 17.1. The molecule has 1 aliphatic rings. The van der Waals surface area contributed by atoms with Gasteiger partial charge in [0.1, 0.15) is 5.82 Å². The summed E-state index contributed by atoms with van der Waals surface area (Å²) >= 11 is 0. The number of carbonyl (C=O) groups excluding carboxylic acids is 2. The molecule has 3 rings (SSSR count). The zero-order valence-electron chi connectivity index (χ0n) is 13.3. The normalized spacial score (nSPS) is 14.6. The number of anilines is 1. The summed E-state index contributed by atoms with van der Waals surface area (Å²) in [6.07, 6.45) is 1.46. The van der Waals surface area contributed by atoms with Crippen LogP contribution in [0.25, 0.3) is 0 Å². The van der Waals surface area contributed by atoms with Crippen molar-refractivity contribution < 1.29 is 18.4 Å². The molecule has 0 spiro atoms. The molecule has 2 heterocycles. The number of benzene rings is 1. The van der Waals surface area contributed by atoms with Crippen LogP contribution < -0.4 is 5.32 Å². The predicted octanol–water partition coefficient (Wildman–Crippen LogP) is 2.72. The van der Waals surface area contributed by atoms with Crippen LogP contribution in [-0.4, -0.2) is 47.9 Å². The quantitative estimate of drug-likeness (QED) is 0.920. The average Bonchev–Trinajstić information content (AvgIpc) is 3.12. The van der Waals surface area contributed by atoms with Crippen LogP contribution in [0, 0.1) is 12.7 Å². The van der Waals surface area contributed by atoms with Gasteiger partial charge < -0.3 is 19.5 Å². The van der Waals surface area contributed by atoms with Gasteiger partial charge in [0.25, 0.3) is 5.91 Å². The number of nitrogens with zero attached hydrogens (tertiary/aromatic N) is 2. The Balaban J connectivity index is 1.57. The molecule has 0 saturated carbocycles. The summed E-state index contributed by atoms with van der Waals surface area (Å²) in [4.78, 5) is 27.7. The maximum absolute atomic E-state index is 13.3. The van der Waals surface area contributed by atoms with Crippen molar-refractivity contribution in [3.63, 3.8) is 0 Å². The first kappa shape index (κ1) is 16.0. The Kier molecular flexibility index (Phi) is 4.50. The number of halogens is 1. The van der Waals surface area contributed by atoms with Gasteiger partial charge in [-0.2, -0.15) is 0 Å². The van der Waals surface area contributed by atoms with Crippen LogP contribution in [0.3, 0.4) is 0 Å². The van der Waals surface area contributed by atoms with Crippen molar-refractivity contribution in [1.82, 2.24) is 9.80 Å². The van der Waals surface area contributed by atoms with Gasteiger partial charge in [0.2, 0.25) is 0 Å². The van der Waals surface area contributed by atoms with Gasteiger partial charge >= 0.3 is 6.03 Å². The molecule has 7 heteroatoms. The lowest BCUT2D eigenvalue weighted by atomic mass is 10.2. The summed E-state index contributed by atoms with van der Waals surface area (Å²) < 4.78 is 18.4. The molecule has 0 radical (unpaired) electrons. The lowest BCUT2D eigenvalue weighted by molar-refractivity contribution is 0.0640. The van der Waals surface area contributed by atoms with Crippen molar-refractivity contribution in [3.05, 3.63) is 53.7 Å². The molecule has 0 unspecified atom stereocenters. The highest BCUT2D eigenvalue weighted by atomic mass is 19.1. The van der Waals surface area contributed by atoms with Gasteiger partial charge in [-0.1, -0.05) is 6.07 Å². The molecule has 2 aromatic rings. The molecule has 1 saturated heterocycles. The highest BCUT2D eigenvalue weighted by Gasteiger charge is 2.26. The van der Waals surface area contributed by atoms with Crippen LogP contribution in [0.15, 0.2) is 41.0 Å². The fraction of sp³-hybridized carbons (Fsp3) is 0.294. The number of rotatable bonds is 2. The Morgan fingerprint density at radius 3 is 2.50 bits per heavy atom. The summed E-state index contributed by atoms with van der Waals surface area (Å²) in [5, 5.41) is 2.72. The van der Waals surface area contributed by atoms with E-state index in [2.05, 4.69) is 5.32 Å². The topological polar surface area (TPSA) is 65.8 Å². The molecule has 24 heavy (non-hydrogen) atoms. The number of aryl methyl sites for hydroxylation is 1. The maximum Gasteiger partial charge on any atom is 0.321 e. The van der Waals surface area contributed by atoms with Gasteiger partial charge in [0.05, 0.1) is 6.26 Å². The molecule has 0 atom stereocenters. The van der Waals surface area contributed by atoms with Gasteiger partial charge in [-0.05, 0) is 36.8 Å². The van der Waals surface area contributed by atoms with Crippen molar-refractivity contribution >= 4 is 17.6 Å². The van der Waals surface area contributed by atoms with E-state index in [1.807, 2.05) is 0 Å². The van der Waals surface area contributed by atoms with Gasteiger partial charge in [-0.3, -0.25) is 4.79 Å². The molecule has 126 valence electrons. The summed E-state index contributed by atoms with van der Waals surface area (Å²) in [5.41, 5.74) is 1.24. The van der Waals surface area contributed by atoms with E-state index in [1.165, 1.54) is 18.4 Å². The number of hydrogen-bond donors (Lipinski definition) is 1. The van der Waals surface area contributed by atoms with Gasteiger partial charge in [0, 0.05) is 31.9 Å². The third-order valence-electron chi connectivity index (χ3n) is 4.03. The fourth-order valence-electron chi connectivity index (χ4n) is 2.59. The van der Waals surface area contributed by atoms with Gasteiger partial charge in [-0.25, -0.2) is 9.18 Å². The van der Waals surface area contributed by atoms with Crippen LogP contribution in [0.1, 0.15) is 16.1 Å². The molecule has 1 fully saturated rings. The van der Waals surface area contributed by atoms with E-state index in [-0.39, 0.29) is 11.9 Å². The number of furan rings is 1. The Bertz CT molecular complexity index is 738. The molecule has 1 N–H and O–H groups in total. The highest BCUT2D eigenvalue weighted by molar-refractivity contribution is 5.92. The van der Waals surface area contributed by atoms with E-state index < -0.39 is 5.82 Å². The third-order valence-corrected chi connectivity index (χ3v) is 4.03. The summed E-state index contributed by atoms with van der Waals surface area (Å²) in [6.45, 7) is 3.47. The minimum Gasteiger partial charge on any atom is -0.459 e. The molecule has 1 aromatic carbocycles. The standard InChI is InChI=1S/C17H18FN3O3/c1-12-4-5-13(18)11-14(12)19-17(23)21-8-6-20(7-9-21)16(22)15-3-2-10-24-15/h2-5,10-11H,6-9H2,1H3,(H,19,23). The minimum absolute atomic E-state index is 0.180. The van der Waals surface area contributed by atoms with Crippen molar-refractivity contribution in [1.29, 1.82) is 0 Å². The summed E-state index contributed by atoms with van der Waals surface area (Å²) in [7, 11) is 0. The van der Waals surface area contributed by atoms with Crippen LogP contribution in [-0.2, 0) is 0 Å². The number of hydrogen-bond acceptors (Lipinski definition) is 3. The zero-order valence-corrected chi connectivity index (χ0v) is 13.3. The molecule has 1 aromatic heterocycles. The Labute approximate surface area is 138 Å². The lowest BCUT2D eigenvalue weighted by Gasteiger charge is -2.34. The second-order valence-electron chi connectivity index (χ2n) is 5.65. The fourth-order valence-corrected chi connectivity index (χ4v) is 2.59. The summed E-state index contributed by atoms with van der Waals surface area (Å²) in [5.74, 6) is -0.283. The molecule has 1 aliphatic heterocycles. The van der Waals surface area contributed by atoms with Crippen LogP contribution in [0.2, 0.25) is 0 Å². The number of nitrogens with one attached hydrogen (secondary N) is 1. The lowest BCUT2D eigenvalue weighted by Crippen LogP contribution is -2.51. The monoisotopic (exact) mass is 331 g/mol. The van der Waals surface area contributed by atoms with Crippen LogP contribution in [0.4, 0.5) is 14.9 Å². The molecule has 3 amide bonds. The van der Waals surface area contributed by atoms with Crippen molar-refractivity contribution in [2.24, 2.45) is 0 Å². The first-order valence-corrected chi connectivity index (χ1v) is 7.69. The number of piperazine rings is 1. The Hall–Kier alpha value is -2.83. The highest BCUT2D eigenvalue weighted by Crippen LogP contribution is 2.17. The number of amides is 3. The van der Waals surface area contributed by atoms with Gasteiger partial charge in [-0.15, -0.1) is 0 Å². The van der Waals surface area contributed by atoms with Gasteiger partial charge in [0.15, 0.2) is 5.76 Å². The molecular formula is C17H18FN3O3.